The normalized spacial score (nSPS) is 22.8. The third-order valence-electron chi connectivity index (χ3n) is 3.99. The van der Waals surface area contributed by atoms with Gasteiger partial charge in [0, 0.05) is 31.4 Å². The van der Waals surface area contributed by atoms with Crippen LogP contribution < -0.4 is 10.2 Å². The molecule has 6 heteroatoms. The smallest absolute Gasteiger partial charge is 0.225 e. The van der Waals surface area contributed by atoms with Crippen LogP contribution in [0.4, 0.5) is 5.13 Å². The number of aliphatic hydroxyl groups is 1. The van der Waals surface area contributed by atoms with Gasteiger partial charge in [-0.3, -0.25) is 9.69 Å². The van der Waals surface area contributed by atoms with Crippen molar-refractivity contribution in [2.24, 2.45) is 0 Å². The van der Waals surface area contributed by atoms with Gasteiger partial charge in [-0.05, 0) is 19.8 Å². The number of rotatable bonds is 5. The SMILES string of the molecule is CCN(C(C)=O)c1nc(CNC2CCCCCC2O)cs1. The highest BCUT2D eigenvalue weighted by Crippen LogP contribution is 2.22. The topological polar surface area (TPSA) is 65.5 Å². The summed E-state index contributed by atoms with van der Waals surface area (Å²) in [6.07, 6.45) is 5.14. The van der Waals surface area contributed by atoms with Crippen molar-refractivity contribution in [2.45, 2.75) is 64.6 Å². The maximum absolute atomic E-state index is 11.5. The molecular weight excluding hydrogens is 286 g/mol. The average Bonchev–Trinajstić information content (AvgIpc) is 2.80. The fourth-order valence-corrected chi connectivity index (χ4v) is 3.69. The zero-order valence-corrected chi connectivity index (χ0v) is 13.7. The van der Waals surface area contributed by atoms with Gasteiger partial charge in [0.2, 0.25) is 5.91 Å². The summed E-state index contributed by atoms with van der Waals surface area (Å²) in [7, 11) is 0. The average molecular weight is 311 g/mol. The minimum atomic E-state index is -0.255. The molecule has 1 aliphatic carbocycles. The summed E-state index contributed by atoms with van der Waals surface area (Å²) in [6.45, 7) is 4.79. The number of carbonyl (C=O) groups excluding carboxylic acids is 1. The van der Waals surface area contributed by atoms with Crippen LogP contribution in [0.1, 0.15) is 51.6 Å². The Kier molecular flexibility index (Phi) is 6.14. The van der Waals surface area contributed by atoms with Crippen molar-refractivity contribution in [3.8, 4) is 0 Å². The number of amides is 1. The quantitative estimate of drug-likeness (QED) is 0.819. The van der Waals surface area contributed by atoms with E-state index in [-0.39, 0.29) is 18.1 Å². The molecule has 1 heterocycles. The molecule has 0 aliphatic heterocycles. The third kappa shape index (κ3) is 4.49. The highest BCUT2D eigenvalue weighted by atomic mass is 32.1. The van der Waals surface area contributed by atoms with Gasteiger partial charge in [-0.1, -0.05) is 19.3 Å². The molecule has 1 saturated carbocycles. The number of nitrogens with one attached hydrogen (secondary N) is 1. The number of hydrogen-bond acceptors (Lipinski definition) is 5. The second-order valence-corrected chi connectivity index (χ2v) is 6.41. The summed E-state index contributed by atoms with van der Waals surface area (Å²) in [5.41, 5.74) is 0.936. The summed E-state index contributed by atoms with van der Waals surface area (Å²) < 4.78 is 0. The lowest BCUT2D eigenvalue weighted by Crippen LogP contribution is -2.38. The van der Waals surface area contributed by atoms with Crippen molar-refractivity contribution in [3.63, 3.8) is 0 Å². The van der Waals surface area contributed by atoms with Crippen LogP contribution in [0.2, 0.25) is 0 Å². The van der Waals surface area contributed by atoms with E-state index in [1.807, 2.05) is 12.3 Å². The summed E-state index contributed by atoms with van der Waals surface area (Å²) in [5.74, 6) is 0.0190. The Morgan fingerprint density at radius 2 is 2.24 bits per heavy atom. The van der Waals surface area contributed by atoms with Crippen LogP contribution in [0.25, 0.3) is 0 Å². The van der Waals surface area contributed by atoms with Crippen molar-refractivity contribution in [1.82, 2.24) is 10.3 Å². The molecule has 1 aromatic rings. The van der Waals surface area contributed by atoms with Gasteiger partial charge in [0.1, 0.15) is 0 Å². The number of nitrogens with zero attached hydrogens (tertiary/aromatic N) is 2. The first kappa shape index (κ1) is 16.4. The molecule has 2 rings (SSSR count). The molecule has 0 aromatic carbocycles. The fraction of sp³-hybridized carbons (Fsp3) is 0.733. The van der Waals surface area contributed by atoms with Crippen LogP contribution in [-0.2, 0) is 11.3 Å². The van der Waals surface area contributed by atoms with E-state index in [9.17, 15) is 9.90 Å². The van der Waals surface area contributed by atoms with Crippen LogP contribution in [0.3, 0.4) is 0 Å². The molecule has 0 radical (unpaired) electrons. The molecule has 21 heavy (non-hydrogen) atoms. The fourth-order valence-electron chi connectivity index (χ4n) is 2.76. The number of thiazole rings is 1. The van der Waals surface area contributed by atoms with E-state index in [1.165, 1.54) is 24.2 Å². The van der Waals surface area contributed by atoms with Crippen LogP contribution in [0, 0.1) is 0 Å². The van der Waals surface area contributed by atoms with Gasteiger partial charge in [0.25, 0.3) is 0 Å². The second-order valence-electron chi connectivity index (χ2n) is 5.58. The van der Waals surface area contributed by atoms with Crippen LogP contribution in [0.15, 0.2) is 5.38 Å². The zero-order chi connectivity index (χ0) is 15.2. The first-order valence-corrected chi connectivity index (χ1v) is 8.63. The lowest BCUT2D eigenvalue weighted by molar-refractivity contribution is -0.116. The Balaban J connectivity index is 1.91. The van der Waals surface area contributed by atoms with E-state index in [0.717, 1.165) is 30.1 Å². The number of anilines is 1. The van der Waals surface area contributed by atoms with Gasteiger partial charge < -0.3 is 10.4 Å². The number of carbonyl (C=O) groups is 1. The molecule has 2 N–H and O–H groups in total. The molecule has 1 aromatic heterocycles. The van der Waals surface area contributed by atoms with Gasteiger partial charge in [-0.2, -0.15) is 0 Å². The largest absolute Gasteiger partial charge is 0.392 e. The third-order valence-corrected chi connectivity index (χ3v) is 4.90. The van der Waals surface area contributed by atoms with Gasteiger partial charge in [-0.15, -0.1) is 11.3 Å². The van der Waals surface area contributed by atoms with Crippen LogP contribution >= 0.6 is 11.3 Å². The van der Waals surface area contributed by atoms with Crippen molar-refractivity contribution < 1.29 is 9.90 Å². The maximum Gasteiger partial charge on any atom is 0.225 e. The zero-order valence-electron chi connectivity index (χ0n) is 12.8. The Bertz CT molecular complexity index is 464. The molecule has 2 unspecified atom stereocenters. The first-order chi connectivity index (χ1) is 10.1. The summed E-state index contributed by atoms with van der Waals surface area (Å²) in [4.78, 5) is 17.7. The molecule has 118 valence electrons. The predicted molar refractivity (Wildman–Crippen MR) is 85.5 cm³/mol. The molecule has 1 aliphatic rings. The van der Waals surface area contributed by atoms with Crippen LogP contribution in [0.5, 0.6) is 0 Å². The molecule has 0 bridgehead atoms. The second kappa shape index (κ2) is 7.87. The Morgan fingerprint density at radius 1 is 1.48 bits per heavy atom. The Morgan fingerprint density at radius 3 is 2.95 bits per heavy atom. The Labute approximate surface area is 130 Å². The van der Waals surface area contributed by atoms with E-state index in [0.29, 0.717) is 13.1 Å². The number of aromatic nitrogens is 1. The molecule has 0 saturated heterocycles. The van der Waals surface area contributed by atoms with Crippen molar-refractivity contribution in [3.05, 3.63) is 11.1 Å². The summed E-state index contributed by atoms with van der Waals surface area (Å²) in [6, 6.07) is 0.160. The van der Waals surface area contributed by atoms with Gasteiger partial charge >= 0.3 is 0 Å². The summed E-state index contributed by atoms with van der Waals surface area (Å²) >= 11 is 1.49. The maximum atomic E-state index is 11.5. The minimum Gasteiger partial charge on any atom is -0.392 e. The molecule has 5 nitrogen and oxygen atoms in total. The standard InChI is InChI=1S/C15H25N3O2S/c1-3-18(11(2)19)15-17-12(10-21-15)9-16-13-7-5-4-6-8-14(13)20/h10,13-14,16,20H,3-9H2,1-2H3. The molecule has 0 spiro atoms. The summed E-state index contributed by atoms with van der Waals surface area (Å²) in [5, 5.41) is 16.3. The molecular formula is C15H25N3O2S. The predicted octanol–water partition coefficient (Wildman–Crippen LogP) is 2.30. The van der Waals surface area contributed by atoms with Crippen molar-refractivity contribution in [2.75, 3.05) is 11.4 Å². The Hall–Kier alpha value is -0.980. The van der Waals surface area contributed by atoms with E-state index >= 15 is 0 Å². The van der Waals surface area contributed by atoms with E-state index in [1.54, 1.807) is 11.8 Å². The van der Waals surface area contributed by atoms with Gasteiger partial charge in [-0.25, -0.2) is 4.98 Å². The minimum absolute atomic E-state index is 0.0190. The van der Waals surface area contributed by atoms with E-state index in [2.05, 4.69) is 10.3 Å². The molecule has 1 amide bonds. The number of hydrogen-bond donors (Lipinski definition) is 2. The van der Waals surface area contributed by atoms with Crippen LogP contribution in [-0.4, -0.2) is 34.7 Å². The highest BCUT2D eigenvalue weighted by molar-refractivity contribution is 7.14. The lowest BCUT2D eigenvalue weighted by Gasteiger charge is -2.21. The first-order valence-electron chi connectivity index (χ1n) is 7.75. The lowest BCUT2D eigenvalue weighted by atomic mass is 10.1. The monoisotopic (exact) mass is 311 g/mol. The highest BCUT2D eigenvalue weighted by Gasteiger charge is 2.21. The van der Waals surface area contributed by atoms with Crippen molar-refractivity contribution in [1.29, 1.82) is 0 Å². The van der Waals surface area contributed by atoms with Gasteiger partial charge in [0.05, 0.1) is 11.8 Å². The molecule has 2 atom stereocenters. The number of aliphatic hydroxyl groups excluding tert-OH is 1. The van der Waals surface area contributed by atoms with Gasteiger partial charge in [0.15, 0.2) is 5.13 Å². The van der Waals surface area contributed by atoms with E-state index in [4.69, 9.17) is 0 Å². The molecule has 1 fully saturated rings. The van der Waals surface area contributed by atoms with E-state index < -0.39 is 0 Å². The van der Waals surface area contributed by atoms with Crippen molar-refractivity contribution >= 4 is 22.4 Å².